The molecule has 2 nitrogen and oxygen atoms in total. The second kappa shape index (κ2) is 3.81. The Morgan fingerprint density at radius 2 is 2.11 bits per heavy atom. The van der Waals surface area contributed by atoms with E-state index in [1.807, 2.05) is 0 Å². The van der Waals surface area contributed by atoms with Gasteiger partial charge in [-0.2, -0.15) is 0 Å². The Morgan fingerprint density at radius 1 is 1.37 bits per heavy atom. The third kappa shape index (κ3) is 1.96. The van der Waals surface area contributed by atoms with E-state index in [1.165, 1.54) is 18.2 Å². The molecule has 2 aliphatic rings. The van der Waals surface area contributed by atoms with E-state index in [4.69, 9.17) is 4.74 Å². The number of Topliss-reactive ketones (excluding diaryl/α,β-unsaturated/α-hetero) is 1. The van der Waals surface area contributed by atoms with Crippen LogP contribution >= 0.6 is 0 Å². The largest absolute Gasteiger partial charge is 0.486 e. The minimum atomic E-state index is -0.443. The van der Waals surface area contributed by atoms with Gasteiger partial charge in [0.2, 0.25) is 0 Å². The molecule has 0 bridgehead atoms. The fraction of sp³-hybridized carbons (Fsp3) is 0.562. The Morgan fingerprint density at radius 3 is 2.74 bits per heavy atom. The number of ketones is 1. The number of fused-ring (bicyclic) bond motifs is 1. The quantitative estimate of drug-likeness (QED) is 0.706. The highest BCUT2D eigenvalue weighted by Gasteiger charge is 2.53. The van der Waals surface area contributed by atoms with Gasteiger partial charge >= 0.3 is 0 Å². The maximum Gasteiger partial charge on any atom is 0.170 e. The molecule has 1 aliphatic heterocycles. The lowest BCUT2D eigenvalue weighted by atomic mass is 9.82. The van der Waals surface area contributed by atoms with Crippen molar-refractivity contribution in [1.29, 1.82) is 0 Å². The highest BCUT2D eigenvalue weighted by Crippen LogP contribution is 2.53. The number of ether oxygens (including phenoxy) is 1. The van der Waals surface area contributed by atoms with E-state index in [0.717, 1.165) is 12.8 Å². The lowest BCUT2D eigenvalue weighted by Gasteiger charge is -2.38. The molecule has 19 heavy (non-hydrogen) atoms. The molecule has 0 aromatic heterocycles. The summed E-state index contributed by atoms with van der Waals surface area (Å²) in [4.78, 5) is 12.3. The molecule has 0 amide bonds. The van der Waals surface area contributed by atoms with Crippen LogP contribution in [0.5, 0.6) is 5.75 Å². The van der Waals surface area contributed by atoms with Gasteiger partial charge in [-0.3, -0.25) is 4.79 Å². The first-order valence-corrected chi connectivity index (χ1v) is 6.83. The molecular weight excluding hydrogens is 243 g/mol. The number of halogens is 1. The van der Waals surface area contributed by atoms with Gasteiger partial charge in [0, 0.05) is 6.07 Å². The molecule has 1 saturated carbocycles. The Hall–Kier alpha value is -1.38. The van der Waals surface area contributed by atoms with Crippen molar-refractivity contribution in [3.8, 4) is 5.75 Å². The summed E-state index contributed by atoms with van der Waals surface area (Å²) >= 11 is 0. The van der Waals surface area contributed by atoms with E-state index >= 15 is 0 Å². The second-order valence-electron chi connectivity index (χ2n) is 6.85. The van der Waals surface area contributed by atoms with Crippen molar-refractivity contribution in [2.45, 2.75) is 45.6 Å². The van der Waals surface area contributed by atoms with Crippen LogP contribution in [0, 0.1) is 17.2 Å². The molecular formula is C16H19FO2. The number of carbonyl (C=O) groups is 1. The Labute approximate surface area is 113 Å². The minimum absolute atomic E-state index is 0.0748. The second-order valence-corrected chi connectivity index (χ2v) is 6.85. The first kappa shape index (κ1) is 12.6. The zero-order valence-corrected chi connectivity index (χ0v) is 11.6. The van der Waals surface area contributed by atoms with Gasteiger partial charge in [-0.05, 0) is 36.3 Å². The summed E-state index contributed by atoms with van der Waals surface area (Å²) in [6.45, 7) is 6.53. The molecule has 2 atom stereocenters. The maximum absolute atomic E-state index is 13.4. The third-order valence-corrected chi connectivity index (χ3v) is 4.55. The standard InChI is InChI=1S/C16H19FO2/c1-10-7-15(2,3)9-16(10)8-13(18)12-5-4-11(17)6-14(12)19-16/h4-6,10H,7-9H2,1-3H3. The maximum atomic E-state index is 13.4. The third-order valence-electron chi connectivity index (χ3n) is 4.55. The van der Waals surface area contributed by atoms with Crippen LogP contribution in [0.15, 0.2) is 18.2 Å². The summed E-state index contributed by atoms with van der Waals surface area (Å²) in [7, 11) is 0. The Bertz CT molecular complexity index is 550. The highest BCUT2D eigenvalue weighted by atomic mass is 19.1. The summed E-state index contributed by atoms with van der Waals surface area (Å²) in [6.07, 6.45) is 2.30. The normalized spacial score (nSPS) is 32.2. The fourth-order valence-electron chi connectivity index (χ4n) is 3.88. The SMILES string of the molecule is CC1CC(C)(C)CC12CC(=O)c1ccc(F)cc1O2. The molecule has 1 spiro atoms. The molecule has 102 valence electrons. The lowest BCUT2D eigenvalue weighted by Crippen LogP contribution is -2.44. The number of benzene rings is 1. The van der Waals surface area contributed by atoms with Gasteiger partial charge in [-0.1, -0.05) is 20.8 Å². The molecule has 1 aromatic carbocycles. The van der Waals surface area contributed by atoms with Crippen molar-refractivity contribution in [1.82, 2.24) is 0 Å². The van der Waals surface area contributed by atoms with E-state index in [0.29, 0.717) is 23.7 Å². The average Bonchev–Trinajstić information content (AvgIpc) is 2.46. The summed E-state index contributed by atoms with van der Waals surface area (Å²) in [6, 6.07) is 4.19. The van der Waals surface area contributed by atoms with Crippen molar-refractivity contribution in [3.05, 3.63) is 29.6 Å². The number of rotatable bonds is 0. The van der Waals surface area contributed by atoms with Crippen LogP contribution in [-0.2, 0) is 0 Å². The minimum Gasteiger partial charge on any atom is -0.486 e. The van der Waals surface area contributed by atoms with Crippen LogP contribution in [0.4, 0.5) is 4.39 Å². The fourth-order valence-corrected chi connectivity index (χ4v) is 3.88. The van der Waals surface area contributed by atoms with Gasteiger partial charge < -0.3 is 4.74 Å². The predicted octanol–water partition coefficient (Wildman–Crippen LogP) is 3.99. The molecule has 1 aliphatic carbocycles. The summed E-state index contributed by atoms with van der Waals surface area (Å²) in [5.41, 5.74) is 0.246. The van der Waals surface area contributed by atoms with Gasteiger partial charge in [0.1, 0.15) is 17.2 Å². The van der Waals surface area contributed by atoms with Gasteiger partial charge in [-0.15, -0.1) is 0 Å². The number of hydrogen-bond donors (Lipinski definition) is 0. The van der Waals surface area contributed by atoms with Crippen LogP contribution in [-0.4, -0.2) is 11.4 Å². The monoisotopic (exact) mass is 262 g/mol. The van der Waals surface area contributed by atoms with Gasteiger partial charge in [0.05, 0.1) is 12.0 Å². The van der Waals surface area contributed by atoms with Crippen LogP contribution < -0.4 is 4.74 Å². The zero-order valence-electron chi connectivity index (χ0n) is 11.6. The Kier molecular flexibility index (Phi) is 2.54. The molecule has 2 unspecified atom stereocenters. The molecule has 1 fully saturated rings. The van der Waals surface area contributed by atoms with Crippen LogP contribution in [0.3, 0.4) is 0 Å². The van der Waals surface area contributed by atoms with Gasteiger partial charge in [0.25, 0.3) is 0 Å². The number of carbonyl (C=O) groups excluding carboxylic acids is 1. The van der Waals surface area contributed by atoms with Crippen molar-refractivity contribution >= 4 is 5.78 Å². The van der Waals surface area contributed by atoms with E-state index < -0.39 is 5.60 Å². The van der Waals surface area contributed by atoms with Crippen LogP contribution in [0.2, 0.25) is 0 Å². The first-order chi connectivity index (χ1) is 8.81. The van der Waals surface area contributed by atoms with E-state index in [9.17, 15) is 9.18 Å². The molecule has 3 rings (SSSR count). The van der Waals surface area contributed by atoms with Crippen molar-refractivity contribution in [2.75, 3.05) is 0 Å². The van der Waals surface area contributed by atoms with E-state index in [2.05, 4.69) is 20.8 Å². The van der Waals surface area contributed by atoms with Crippen LogP contribution in [0.25, 0.3) is 0 Å². The first-order valence-electron chi connectivity index (χ1n) is 6.83. The highest BCUT2D eigenvalue weighted by molar-refractivity contribution is 6.00. The average molecular weight is 262 g/mol. The Balaban J connectivity index is 2.03. The van der Waals surface area contributed by atoms with Gasteiger partial charge in [0.15, 0.2) is 5.78 Å². The molecule has 1 heterocycles. The van der Waals surface area contributed by atoms with Crippen molar-refractivity contribution in [3.63, 3.8) is 0 Å². The molecule has 0 radical (unpaired) electrons. The molecule has 3 heteroatoms. The van der Waals surface area contributed by atoms with Crippen molar-refractivity contribution < 1.29 is 13.9 Å². The molecule has 0 saturated heterocycles. The lowest BCUT2D eigenvalue weighted by molar-refractivity contribution is 0.0136. The topological polar surface area (TPSA) is 26.3 Å². The zero-order chi connectivity index (χ0) is 13.8. The summed E-state index contributed by atoms with van der Waals surface area (Å²) < 4.78 is 19.5. The van der Waals surface area contributed by atoms with Crippen molar-refractivity contribution in [2.24, 2.45) is 11.3 Å². The smallest absolute Gasteiger partial charge is 0.170 e. The van der Waals surface area contributed by atoms with Crippen LogP contribution in [0.1, 0.15) is 50.4 Å². The summed E-state index contributed by atoms with van der Waals surface area (Å²) in [5.74, 6) is 0.447. The summed E-state index contributed by atoms with van der Waals surface area (Å²) in [5, 5.41) is 0. The van der Waals surface area contributed by atoms with E-state index in [1.54, 1.807) is 0 Å². The number of hydrogen-bond acceptors (Lipinski definition) is 2. The predicted molar refractivity (Wildman–Crippen MR) is 70.9 cm³/mol. The molecule has 0 N–H and O–H groups in total. The van der Waals surface area contributed by atoms with E-state index in [-0.39, 0.29) is 17.0 Å². The molecule has 1 aromatic rings. The van der Waals surface area contributed by atoms with Gasteiger partial charge in [-0.25, -0.2) is 4.39 Å².